The first-order chi connectivity index (χ1) is 7.59. The highest BCUT2D eigenvalue weighted by molar-refractivity contribution is 9.10. The van der Waals surface area contributed by atoms with E-state index in [1.165, 1.54) is 6.20 Å². The lowest BCUT2D eigenvalue weighted by atomic mass is 10.3. The summed E-state index contributed by atoms with van der Waals surface area (Å²) in [7, 11) is 0. The van der Waals surface area contributed by atoms with Crippen LogP contribution in [0.3, 0.4) is 0 Å². The molecule has 2 aromatic rings. The van der Waals surface area contributed by atoms with Gasteiger partial charge < -0.3 is 10.1 Å². The third-order valence-corrected chi connectivity index (χ3v) is 2.56. The number of benzene rings is 1. The second-order valence-corrected chi connectivity index (χ2v) is 4.02. The molecular formula is C10H7BrN2O3. The van der Waals surface area contributed by atoms with E-state index in [0.717, 1.165) is 9.04 Å². The highest BCUT2D eigenvalue weighted by atomic mass is 79.9. The number of carbonyl (C=O) groups is 1. The molecule has 1 aromatic carbocycles. The monoisotopic (exact) mass is 282 g/mol. The minimum Gasteiger partial charge on any atom is -0.477 e. The van der Waals surface area contributed by atoms with Gasteiger partial charge in [0.05, 0.1) is 5.69 Å². The van der Waals surface area contributed by atoms with Crippen molar-refractivity contribution >= 4 is 21.9 Å². The van der Waals surface area contributed by atoms with Crippen LogP contribution < -0.4 is 5.69 Å². The molecule has 0 saturated carbocycles. The number of nitrogens with zero attached hydrogens (tertiary/aromatic N) is 1. The average molecular weight is 283 g/mol. The molecule has 16 heavy (non-hydrogen) atoms. The molecule has 5 nitrogen and oxygen atoms in total. The Bertz CT molecular complexity index is 600. The Labute approximate surface area is 98.5 Å². The summed E-state index contributed by atoms with van der Waals surface area (Å²) in [5.74, 6) is -1.15. The predicted octanol–water partition coefficient (Wildman–Crippen LogP) is 1.63. The Hall–Kier alpha value is -1.82. The number of carboxylic acid groups (broad SMARTS) is 1. The summed E-state index contributed by atoms with van der Waals surface area (Å²) in [6, 6.07) is 6.85. The number of aromatic nitrogens is 2. The van der Waals surface area contributed by atoms with Gasteiger partial charge in [0.15, 0.2) is 5.69 Å². The first-order valence-electron chi connectivity index (χ1n) is 4.39. The second-order valence-electron chi connectivity index (χ2n) is 3.10. The van der Waals surface area contributed by atoms with Crippen molar-refractivity contribution in [2.24, 2.45) is 0 Å². The molecule has 82 valence electrons. The van der Waals surface area contributed by atoms with Gasteiger partial charge in [-0.15, -0.1) is 0 Å². The zero-order chi connectivity index (χ0) is 11.7. The Kier molecular flexibility index (Phi) is 2.66. The lowest BCUT2D eigenvalue weighted by Gasteiger charge is -2.04. The van der Waals surface area contributed by atoms with Gasteiger partial charge >= 0.3 is 11.7 Å². The van der Waals surface area contributed by atoms with Gasteiger partial charge in [-0.05, 0) is 18.2 Å². The Morgan fingerprint density at radius 3 is 2.81 bits per heavy atom. The molecule has 1 heterocycles. The molecule has 2 N–H and O–H groups in total. The van der Waals surface area contributed by atoms with E-state index in [1.54, 1.807) is 24.3 Å². The zero-order valence-electron chi connectivity index (χ0n) is 7.98. The smallest absolute Gasteiger partial charge is 0.354 e. The third kappa shape index (κ3) is 1.79. The molecule has 0 spiro atoms. The standard InChI is InChI=1S/C10H7BrN2O3/c11-6-2-1-3-7(4-6)13-8(9(14)15)5-12-10(13)16/h1-5H,(H,12,16)(H,14,15). The molecule has 0 atom stereocenters. The fourth-order valence-corrected chi connectivity index (χ4v) is 1.78. The highest BCUT2D eigenvalue weighted by Gasteiger charge is 2.14. The third-order valence-electron chi connectivity index (χ3n) is 2.06. The van der Waals surface area contributed by atoms with Crippen molar-refractivity contribution < 1.29 is 9.90 Å². The maximum absolute atomic E-state index is 11.5. The second kappa shape index (κ2) is 3.97. The van der Waals surface area contributed by atoms with Crippen LogP contribution in [0.4, 0.5) is 0 Å². The zero-order valence-corrected chi connectivity index (χ0v) is 9.56. The van der Waals surface area contributed by atoms with Gasteiger partial charge in [0.1, 0.15) is 0 Å². The van der Waals surface area contributed by atoms with E-state index in [2.05, 4.69) is 20.9 Å². The van der Waals surface area contributed by atoms with Crippen LogP contribution in [-0.2, 0) is 0 Å². The molecule has 0 fully saturated rings. The number of aromatic amines is 1. The number of rotatable bonds is 2. The van der Waals surface area contributed by atoms with Gasteiger partial charge in [0.25, 0.3) is 0 Å². The summed E-state index contributed by atoms with van der Waals surface area (Å²) in [5, 5.41) is 8.92. The van der Waals surface area contributed by atoms with E-state index in [0.29, 0.717) is 5.69 Å². The lowest BCUT2D eigenvalue weighted by molar-refractivity contribution is 0.0688. The molecule has 1 aromatic heterocycles. The number of carboxylic acids is 1. The molecule has 0 bridgehead atoms. The van der Waals surface area contributed by atoms with Gasteiger partial charge in [-0.3, -0.25) is 4.57 Å². The summed E-state index contributed by atoms with van der Waals surface area (Å²) < 4.78 is 1.88. The molecule has 0 aliphatic rings. The van der Waals surface area contributed by atoms with Crippen LogP contribution >= 0.6 is 15.9 Å². The molecule has 0 unspecified atom stereocenters. The van der Waals surface area contributed by atoms with Crippen LogP contribution in [0.5, 0.6) is 0 Å². The van der Waals surface area contributed by atoms with E-state index < -0.39 is 11.7 Å². The summed E-state index contributed by atoms with van der Waals surface area (Å²) >= 11 is 3.26. The van der Waals surface area contributed by atoms with Crippen molar-refractivity contribution in [2.75, 3.05) is 0 Å². The summed E-state index contributed by atoms with van der Waals surface area (Å²) in [6.07, 6.45) is 1.17. The number of hydrogen-bond donors (Lipinski definition) is 2. The van der Waals surface area contributed by atoms with Crippen LogP contribution in [-0.4, -0.2) is 20.6 Å². The Morgan fingerprint density at radius 2 is 2.19 bits per heavy atom. The Balaban J connectivity index is 2.68. The van der Waals surface area contributed by atoms with Crippen molar-refractivity contribution in [1.29, 1.82) is 0 Å². The average Bonchev–Trinajstić information content (AvgIpc) is 2.60. The predicted molar refractivity (Wildman–Crippen MR) is 61.0 cm³/mol. The topological polar surface area (TPSA) is 75.1 Å². The molecule has 0 radical (unpaired) electrons. The van der Waals surface area contributed by atoms with Gasteiger partial charge in [-0.2, -0.15) is 0 Å². The van der Waals surface area contributed by atoms with Crippen molar-refractivity contribution in [2.45, 2.75) is 0 Å². The lowest BCUT2D eigenvalue weighted by Crippen LogP contribution is -2.19. The first kappa shape index (κ1) is 10.7. The normalized spacial score (nSPS) is 10.3. The first-order valence-corrected chi connectivity index (χ1v) is 5.18. The largest absolute Gasteiger partial charge is 0.477 e. The number of H-pyrrole nitrogens is 1. The van der Waals surface area contributed by atoms with Crippen molar-refractivity contribution in [3.8, 4) is 5.69 Å². The maximum atomic E-state index is 11.5. The van der Waals surface area contributed by atoms with E-state index in [9.17, 15) is 9.59 Å². The molecular weight excluding hydrogens is 276 g/mol. The van der Waals surface area contributed by atoms with Crippen molar-refractivity contribution in [3.63, 3.8) is 0 Å². The van der Waals surface area contributed by atoms with Crippen LogP contribution in [0.25, 0.3) is 5.69 Å². The number of halogens is 1. The Morgan fingerprint density at radius 1 is 1.44 bits per heavy atom. The minimum atomic E-state index is -1.15. The number of imidazole rings is 1. The van der Waals surface area contributed by atoms with E-state index in [4.69, 9.17) is 5.11 Å². The molecule has 0 amide bonds. The molecule has 0 saturated heterocycles. The maximum Gasteiger partial charge on any atom is 0.354 e. The van der Waals surface area contributed by atoms with Crippen LogP contribution in [0.15, 0.2) is 39.7 Å². The number of nitrogens with one attached hydrogen (secondary N) is 1. The molecule has 6 heteroatoms. The minimum absolute atomic E-state index is 0.0944. The summed E-state index contributed by atoms with van der Waals surface area (Å²) in [5.41, 5.74) is -0.0726. The number of hydrogen-bond acceptors (Lipinski definition) is 2. The van der Waals surface area contributed by atoms with Crippen LogP contribution in [0.1, 0.15) is 10.5 Å². The van der Waals surface area contributed by atoms with Gasteiger partial charge in [-0.1, -0.05) is 22.0 Å². The molecule has 0 aliphatic heterocycles. The van der Waals surface area contributed by atoms with E-state index in [-0.39, 0.29) is 5.69 Å². The van der Waals surface area contributed by atoms with E-state index >= 15 is 0 Å². The quantitative estimate of drug-likeness (QED) is 0.879. The van der Waals surface area contributed by atoms with Gasteiger partial charge in [0, 0.05) is 10.7 Å². The molecule has 0 aliphatic carbocycles. The van der Waals surface area contributed by atoms with Crippen molar-refractivity contribution in [1.82, 2.24) is 9.55 Å². The fourth-order valence-electron chi connectivity index (χ4n) is 1.40. The van der Waals surface area contributed by atoms with Gasteiger partial charge in [0.2, 0.25) is 0 Å². The molecule has 2 rings (SSSR count). The van der Waals surface area contributed by atoms with Crippen LogP contribution in [0, 0.1) is 0 Å². The van der Waals surface area contributed by atoms with Crippen molar-refractivity contribution in [3.05, 3.63) is 51.1 Å². The number of aromatic carboxylic acids is 1. The highest BCUT2D eigenvalue weighted by Crippen LogP contribution is 2.15. The SMILES string of the molecule is O=C(O)c1c[nH]c(=O)n1-c1cccc(Br)c1. The van der Waals surface area contributed by atoms with Crippen LogP contribution in [0.2, 0.25) is 0 Å². The summed E-state index contributed by atoms with van der Waals surface area (Å²) in [6.45, 7) is 0. The van der Waals surface area contributed by atoms with Gasteiger partial charge in [-0.25, -0.2) is 9.59 Å². The summed E-state index contributed by atoms with van der Waals surface area (Å²) in [4.78, 5) is 24.7. The fraction of sp³-hybridized carbons (Fsp3) is 0. The van der Waals surface area contributed by atoms with E-state index in [1.807, 2.05) is 0 Å².